The van der Waals surface area contributed by atoms with Crippen LogP contribution in [-0.4, -0.2) is 94.5 Å². The smallest absolute Gasteiger partial charge is 0.369 e. The average Bonchev–Trinajstić information content (AvgIpc) is 3.72. The van der Waals surface area contributed by atoms with E-state index in [1.165, 1.54) is 0 Å². The maximum atomic E-state index is 15.9. The van der Waals surface area contributed by atoms with E-state index < -0.39 is 87.1 Å². The molecule has 10 atom stereocenters. The zero-order valence-corrected chi connectivity index (χ0v) is 25.6. The molecule has 0 aliphatic carbocycles. The highest BCUT2D eigenvalue weighted by Gasteiger charge is 2.54. The number of thiol groups is 2. The van der Waals surface area contributed by atoms with Crippen molar-refractivity contribution in [3.05, 3.63) is 33.4 Å². The number of nitrogens with zero attached hydrogens (tertiary/aromatic N) is 7. The number of H-pyrrole nitrogens is 2. The first kappa shape index (κ1) is 30.8. The number of hydrogen-bond donors (Lipinski definition) is 5. The molecule has 45 heavy (non-hydrogen) atoms. The molecule has 0 spiro atoms. The highest BCUT2D eigenvalue weighted by Crippen LogP contribution is 2.60. The summed E-state index contributed by atoms with van der Waals surface area (Å²) in [4.78, 5) is 40.8. The van der Waals surface area contributed by atoms with Gasteiger partial charge in [0.05, 0.1) is 25.9 Å². The molecular weight excluding hydrogens is 692 g/mol. The van der Waals surface area contributed by atoms with Gasteiger partial charge in [-0.15, -0.1) is 5.10 Å². The molecule has 3 aliphatic rings. The Hall–Kier alpha value is -2.79. The van der Waals surface area contributed by atoms with Crippen LogP contribution in [0.5, 0.6) is 0 Å². The molecule has 242 valence electrons. The quantitative estimate of drug-likeness (QED) is 0.141. The maximum absolute atomic E-state index is 15.9. The molecule has 0 amide bonds. The number of nitrogen functional groups attached to an aromatic ring is 1. The fourth-order valence-electron chi connectivity index (χ4n) is 5.10. The van der Waals surface area contributed by atoms with Crippen LogP contribution in [0, 0.1) is 0 Å². The van der Waals surface area contributed by atoms with Crippen molar-refractivity contribution in [1.29, 1.82) is 0 Å². The number of alkyl halides is 2. The Morgan fingerprint density at radius 2 is 1.60 bits per heavy atom. The molecular formula is C19H20F2N10O10P2S2. The third-order valence-corrected chi connectivity index (χ3v) is 10.3. The van der Waals surface area contributed by atoms with Crippen molar-refractivity contribution in [3.8, 4) is 0 Å². The first-order valence-electron chi connectivity index (χ1n) is 12.7. The predicted octanol–water partition coefficient (Wildman–Crippen LogP) is 0.594. The SMILES string of the molecule is Nc1nc2c(nnn2[C@@H]2O[C@@H]3COP(=O)(S)O[C@H]4[C@H](F)[C@H](n5cnc6c(=O)[nH]cnc65)O[C@@H]4COP(=O)(S)O[C@@H]2[C@H]3F)c(=O)[nH]1. The van der Waals surface area contributed by atoms with Crippen molar-refractivity contribution in [2.24, 2.45) is 0 Å². The van der Waals surface area contributed by atoms with Gasteiger partial charge >= 0.3 is 13.6 Å². The third-order valence-electron chi connectivity index (χ3n) is 7.08. The number of halogens is 2. The van der Waals surface area contributed by atoms with Gasteiger partial charge in [0.2, 0.25) is 5.95 Å². The number of rotatable bonds is 2. The van der Waals surface area contributed by atoms with E-state index in [-0.39, 0.29) is 28.3 Å². The minimum Gasteiger partial charge on any atom is -0.369 e. The molecule has 4 aromatic rings. The minimum absolute atomic E-state index is 0.0396. The summed E-state index contributed by atoms with van der Waals surface area (Å²) in [5.74, 6) is -0.316. The largest absolute Gasteiger partial charge is 0.386 e. The van der Waals surface area contributed by atoms with Crippen LogP contribution in [0.1, 0.15) is 12.5 Å². The van der Waals surface area contributed by atoms with Crippen molar-refractivity contribution in [3.63, 3.8) is 0 Å². The highest BCUT2D eigenvalue weighted by molar-refractivity contribution is 8.44. The lowest BCUT2D eigenvalue weighted by molar-refractivity contribution is -0.0605. The number of aromatic nitrogens is 9. The molecule has 26 heteroatoms. The number of hydrogen-bond acceptors (Lipinski definition) is 16. The van der Waals surface area contributed by atoms with E-state index in [0.717, 1.165) is 21.9 Å². The van der Waals surface area contributed by atoms with Crippen LogP contribution in [0.2, 0.25) is 0 Å². The highest BCUT2D eigenvalue weighted by atomic mass is 32.7. The number of aromatic amines is 2. The van der Waals surface area contributed by atoms with Crippen LogP contribution in [0.3, 0.4) is 0 Å². The molecule has 0 radical (unpaired) electrons. The lowest BCUT2D eigenvalue weighted by Crippen LogP contribution is -2.33. The third kappa shape index (κ3) is 5.51. The van der Waals surface area contributed by atoms with E-state index in [4.69, 9.17) is 33.3 Å². The Bertz CT molecular complexity index is 2010. The van der Waals surface area contributed by atoms with Crippen LogP contribution in [-0.2, 0) is 36.7 Å². The first-order valence-corrected chi connectivity index (χ1v) is 18.1. The van der Waals surface area contributed by atoms with Crippen molar-refractivity contribution in [2.45, 2.75) is 49.2 Å². The number of anilines is 1. The zero-order chi connectivity index (χ0) is 31.8. The van der Waals surface area contributed by atoms with Gasteiger partial charge in [0.25, 0.3) is 11.1 Å². The summed E-state index contributed by atoms with van der Waals surface area (Å²) in [6, 6.07) is 0. The van der Waals surface area contributed by atoms with Gasteiger partial charge in [-0.1, -0.05) is 29.7 Å². The van der Waals surface area contributed by atoms with Gasteiger partial charge < -0.3 is 20.2 Å². The lowest BCUT2D eigenvalue weighted by Gasteiger charge is -2.25. The summed E-state index contributed by atoms with van der Waals surface area (Å²) < 4.78 is 93.3. The van der Waals surface area contributed by atoms with Gasteiger partial charge in [-0.05, 0) is 0 Å². The Labute approximate surface area is 257 Å². The van der Waals surface area contributed by atoms with Gasteiger partial charge in [-0.2, -0.15) is 9.67 Å². The second-order valence-electron chi connectivity index (χ2n) is 9.90. The molecule has 3 fully saturated rings. The molecule has 7 heterocycles. The predicted molar refractivity (Wildman–Crippen MR) is 151 cm³/mol. The minimum atomic E-state index is -4.55. The van der Waals surface area contributed by atoms with Gasteiger partial charge in [0.1, 0.15) is 24.4 Å². The number of imidazole rings is 1. The van der Waals surface area contributed by atoms with Crippen LogP contribution in [0.25, 0.3) is 22.3 Å². The molecule has 2 bridgehead atoms. The summed E-state index contributed by atoms with van der Waals surface area (Å²) in [6.45, 7) is -10.6. The van der Waals surface area contributed by atoms with Gasteiger partial charge in [0.15, 0.2) is 47.1 Å². The summed E-state index contributed by atoms with van der Waals surface area (Å²) in [5, 5.41) is 7.50. The Morgan fingerprint density at radius 1 is 0.911 bits per heavy atom. The van der Waals surface area contributed by atoms with E-state index in [0.29, 0.717) is 0 Å². The Balaban J connectivity index is 1.21. The molecule has 4 N–H and O–H groups in total. The fraction of sp³-hybridized carbons (Fsp3) is 0.526. The number of ether oxygens (including phenoxy) is 2. The zero-order valence-electron chi connectivity index (χ0n) is 22.0. The standard InChI is InChI=1S/C19H20F2N10O10P2S2/c20-7-5-1-36-42(34,44)40-11-6(39-17(8(11)21)30-4-25-9-13(30)23-3-24-15(9)32)2-37-43(35,45)41-12(7)18(38-5)31-14-10(28-29-31)16(33)27-19(22)26-14/h3-8,11-12,17-18H,1-2H2,(H,34,44)(H,35,45)(H,23,24,32)(H3,22,26,27,33)/t5-,6-,7+,8+,11-,12-,17-,18-,42?,43?/m1/s1. The van der Waals surface area contributed by atoms with Gasteiger partial charge in [0, 0.05) is 0 Å². The number of nitrogens with one attached hydrogen (secondary N) is 2. The van der Waals surface area contributed by atoms with Crippen molar-refractivity contribution in [1.82, 2.24) is 44.5 Å². The molecule has 3 aliphatic heterocycles. The van der Waals surface area contributed by atoms with Gasteiger partial charge in [-0.3, -0.25) is 37.2 Å². The average molecular weight is 713 g/mol. The van der Waals surface area contributed by atoms with Crippen LogP contribution in [0.15, 0.2) is 22.2 Å². The van der Waals surface area contributed by atoms with E-state index >= 15 is 8.78 Å². The molecule has 0 saturated carbocycles. The van der Waals surface area contributed by atoms with E-state index in [1.54, 1.807) is 0 Å². The summed E-state index contributed by atoms with van der Waals surface area (Å²) in [6.07, 6.45) is -11.8. The lowest BCUT2D eigenvalue weighted by atomic mass is 10.1. The van der Waals surface area contributed by atoms with Crippen LogP contribution in [0.4, 0.5) is 14.7 Å². The summed E-state index contributed by atoms with van der Waals surface area (Å²) >= 11 is 7.87. The Kier molecular flexibility index (Phi) is 7.66. The maximum Gasteiger partial charge on any atom is 0.386 e. The second kappa shape index (κ2) is 11.2. The van der Waals surface area contributed by atoms with E-state index in [1.807, 2.05) is 0 Å². The van der Waals surface area contributed by atoms with Crippen LogP contribution >= 0.6 is 38.1 Å². The summed E-state index contributed by atoms with van der Waals surface area (Å²) in [5.41, 5.74) is 3.62. The topological polar surface area (TPSA) is 256 Å². The molecule has 20 nitrogen and oxygen atoms in total. The fourth-order valence-corrected chi connectivity index (χ4v) is 8.03. The van der Waals surface area contributed by atoms with Crippen molar-refractivity contribution >= 4 is 66.4 Å². The first-order chi connectivity index (χ1) is 21.3. The van der Waals surface area contributed by atoms with Gasteiger partial charge in [-0.25, -0.2) is 27.9 Å². The van der Waals surface area contributed by atoms with Crippen LogP contribution < -0.4 is 16.9 Å². The molecule has 2 unspecified atom stereocenters. The summed E-state index contributed by atoms with van der Waals surface area (Å²) in [7, 11) is 0. The monoisotopic (exact) mass is 712 g/mol. The second-order valence-corrected chi connectivity index (χ2v) is 15.7. The normalized spacial score (nSPS) is 37.7. The molecule has 3 saturated heterocycles. The van der Waals surface area contributed by atoms with Crippen molar-refractivity contribution in [2.75, 3.05) is 18.9 Å². The van der Waals surface area contributed by atoms with E-state index in [9.17, 15) is 18.7 Å². The molecule has 0 aromatic carbocycles. The number of fused-ring (bicyclic) bond motifs is 5. The molecule has 4 aromatic heterocycles. The Morgan fingerprint density at radius 3 is 2.36 bits per heavy atom. The molecule has 7 rings (SSSR count). The van der Waals surface area contributed by atoms with Crippen molar-refractivity contribution < 1.29 is 45.5 Å². The van der Waals surface area contributed by atoms with E-state index in [2.05, 4.69) is 59.7 Å². The number of nitrogens with two attached hydrogens (primary N) is 1.